The van der Waals surface area contributed by atoms with Crippen molar-refractivity contribution in [1.82, 2.24) is 16.0 Å². The Bertz CT molecular complexity index is 532. The zero-order chi connectivity index (χ0) is 15.8. The quantitative estimate of drug-likeness (QED) is 0.723. The van der Waals surface area contributed by atoms with E-state index in [9.17, 15) is 14.4 Å². The third-order valence-corrected chi connectivity index (χ3v) is 2.75. The number of amides is 3. The Labute approximate surface area is 128 Å². The molecule has 0 aliphatic heterocycles. The maximum Gasteiger partial charge on any atom is 0.253 e. The molecule has 0 fully saturated rings. The van der Waals surface area contributed by atoms with Gasteiger partial charge in [0.2, 0.25) is 11.8 Å². The number of hydrogen-bond acceptors (Lipinski definition) is 3. The predicted molar refractivity (Wildman–Crippen MR) is 80.1 cm³/mol. The van der Waals surface area contributed by atoms with E-state index >= 15 is 0 Å². The smallest absolute Gasteiger partial charge is 0.253 e. The SMILES string of the molecule is CC(C)NC(=O)CNC(=O)CNC(=O)c1ccccc1Cl. The number of benzene rings is 1. The van der Waals surface area contributed by atoms with Gasteiger partial charge in [-0.05, 0) is 26.0 Å². The molecular formula is C14H18ClN3O3. The number of carbonyl (C=O) groups is 3. The summed E-state index contributed by atoms with van der Waals surface area (Å²) in [5.74, 6) is -1.17. The standard InChI is InChI=1S/C14H18ClN3O3/c1-9(2)18-13(20)8-16-12(19)7-17-14(21)10-5-3-4-6-11(10)15/h3-6,9H,7-8H2,1-2H3,(H,16,19)(H,17,21)(H,18,20). The van der Waals surface area contributed by atoms with Crippen molar-refractivity contribution in [2.45, 2.75) is 19.9 Å². The molecule has 0 heterocycles. The first kappa shape index (κ1) is 17.0. The molecule has 0 spiro atoms. The van der Waals surface area contributed by atoms with Gasteiger partial charge in [0.1, 0.15) is 0 Å². The Kier molecular flexibility index (Phi) is 6.68. The maximum absolute atomic E-state index is 11.8. The molecule has 1 aromatic carbocycles. The van der Waals surface area contributed by atoms with E-state index in [1.54, 1.807) is 24.3 Å². The molecule has 0 aliphatic rings. The lowest BCUT2D eigenvalue weighted by Gasteiger charge is -2.10. The third-order valence-electron chi connectivity index (χ3n) is 2.42. The van der Waals surface area contributed by atoms with Crippen LogP contribution in [0.5, 0.6) is 0 Å². The molecule has 21 heavy (non-hydrogen) atoms. The van der Waals surface area contributed by atoms with Gasteiger partial charge >= 0.3 is 0 Å². The van der Waals surface area contributed by atoms with Gasteiger partial charge in [-0.3, -0.25) is 14.4 Å². The molecule has 114 valence electrons. The van der Waals surface area contributed by atoms with Gasteiger partial charge in [-0.1, -0.05) is 23.7 Å². The van der Waals surface area contributed by atoms with Crippen molar-refractivity contribution in [3.63, 3.8) is 0 Å². The van der Waals surface area contributed by atoms with Crippen molar-refractivity contribution >= 4 is 29.3 Å². The molecular weight excluding hydrogens is 294 g/mol. The summed E-state index contributed by atoms with van der Waals surface area (Å²) in [5.41, 5.74) is 0.296. The van der Waals surface area contributed by atoms with Crippen LogP contribution >= 0.6 is 11.6 Å². The molecule has 0 saturated carbocycles. The second-order valence-electron chi connectivity index (χ2n) is 4.66. The van der Waals surface area contributed by atoms with Crippen LogP contribution in [0, 0.1) is 0 Å². The molecule has 3 N–H and O–H groups in total. The summed E-state index contributed by atoms with van der Waals surface area (Å²) in [4.78, 5) is 34.6. The first-order valence-corrected chi connectivity index (χ1v) is 6.86. The average Bonchev–Trinajstić information content (AvgIpc) is 2.42. The molecule has 0 atom stereocenters. The van der Waals surface area contributed by atoms with Gasteiger partial charge < -0.3 is 16.0 Å². The van der Waals surface area contributed by atoms with Gasteiger partial charge in [0.15, 0.2) is 0 Å². The summed E-state index contributed by atoms with van der Waals surface area (Å²) >= 11 is 5.87. The van der Waals surface area contributed by atoms with Gasteiger partial charge in [-0.2, -0.15) is 0 Å². The van der Waals surface area contributed by atoms with E-state index in [-0.39, 0.29) is 25.0 Å². The number of hydrogen-bond donors (Lipinski definition) is 3. The maximum atomic E-state index is 11.8. The minimum absolute atomic E-state index is 0.00864. The van der Waals surface area contributed by atoms with E-state index in [0.29, 0.717) is 10.6 Å². The third kappa shape index (κ3) is 6.27. The van der Waals surface area contributed by atoms with E-state index in [1.807, 2.05) is 13.8 Å². The van der Waals surface area contributed by atoms with Gasteiger partial charge in [0, 0.05) is 6.04 Å². The van der Waals surface area contributed by atoms with Gasteiger partial charge in [0.25, 0.3) is 5.91 Å². The van der Waals surface area contributed by atoms with Crippen LogP contribution in [0.2, 0.25) is 5.02 Å². The zero-order valence-corrected chi connectivity index (χ0v) is 12.7. The summed E-state index contributed by atoms with van der Waals surface area (Å²) < 4.78 is 0. The van der Waals surface area contributed by atoms with Gasteiger partial charge in [0.05, 0.1) is 23.7 Å². The lowest BCUT2D eigenvalue weighted by molar-refractivity contribution is -0.125. The molecule has 1 aromatic rings. The lowest BCUT2D eigenvalue weighted by atomic mass is 10.2. The topological polar surface area (TPSA) is 87.3 Å². The van der Waals surface area contributed by atoms with Crippen LogP contribution in [-0.4, -0.2) is 36.9 Å². The molecule has 6 nitrogen and oxygen atoms in total. The molecule has 0 bridgehead atoms. The Morgan fingerprint density at radius 3 is 2.29 bits per heavy atom. The Hall–Kier alpha value is -2.08. The average molecular weight is 312 g/mol. The van der Waals surface area contributed by atoms with Crippen molar-refractivity contribution in [3.05, 3.63) is 34.9 Å². The van der Waals surface area contributed by atoms with Crippen molar-refractivity contribution in [1.29, 1.82) is 0 Å². The molecule has 0 radical (unpaired) electrons. The van der Waals surface area contributed by atoms with Crippen molar-refractivity contribution in [3.8, 4) is 0 Å². The summed E-state index contributed by atoms with van der Waals surface area (Å²) in [7, 11) is 0. The summed E-state index contributed by atoms with van der Waals surface area (Å²) in [6.45, 7) is 3.30. The molecule has 0 unspecified atom stereocenters. The zero-order valence-electron chi connectivity index (χ0n) is 11.9. The molecule has 7 heteroatoms. The van der Waals surface area contributed by atoms with E-state index < -0.39 is 11.8 Å². The number of halogens is 1. The molecule has 0 aromatic heterocycles. The van der Waals surface area contributed by atoms with Crippen LogP contribution in [0.1, 0.15) is 24.2 Å². The van der Waals surface area contributed by atoms with E-state index in [2.05, 4.69) is 16.0 Å². The monoisotopic (exact) mass is 311 g/mol. The minimum Gasteiger partial charge on any atom is -0.352 e. The fourth-order valence-electron chi connectivity index (χ4n) is 1.52. The van der Waals surface area contributed by atoms with Crippen LogP contribution in [-0.2, 0) is 9.59 Å². The predicted octanol–water partition coefficient (Wildman–Crippen LogP) is 0.711. The molecule has 0 aliphatic carbocycles. The molecule has 0 saturated heterocycles. The summed E-state index contributed by atoms with van der Waals surface area (Å²) in [5, 5.41) is 7.80. The largest absolute Gasteiger partial charge is 0.352 e. The van der Waals surface area contributed by atoms with Gasteiger partial charge in [-0.15, -0.1) is 0 Å². The summed E-state index contributed by atoms with van der Waals surface area (Å²) in [6, 6.07) is 6.55. The molecule has 3 amide bonds. The van der Waals surface area contributed by atoms with Gasteiger partial charge in [-0.25, -0.2) is 0 Å². The normalized spacial score (nSPS) is 10.1. The second-order valence-corrected chi connectivity index (χ2v) is 5.07. The number of rotatable bonds is 6. The van der Waals surface area contributed by atoms with Crippen LogP contribution in [0.15, 0.2) is 24.3 Å². The van der Waals surface area contributed by atoms with E-state index in [0.717, 1.165) is 0 Å². The first-order valence-electron chi connectivity index (χ1n) is 6.49. The first-order chi connectivity index (χ1) is 9.90. The highest BCUT2D eigenvalue weighted by Crippen LogP contribution is 2.14. The number of carbonyl (C=O) groups excluding carboxylic acids is 3. The highest BCUT2D eigenvalue weighted by Gasteiger charge is 2.11. The fraction of sp³-hybridized carbons (Fsp3) is 0.357. The highest BCUT2D eigenvalue weighted by molar-refractivity contribution is 6.33. The van der Waals surface area contributed by atoms with Crippen LogP contribution in [0.4, 0.5) is 0 Å². The minimum atomic E-state index is -0.450. The van der Waals surface area contributed by atoms with Crippen LogP contribution in [0.3, 0.4) is 0 Å². The Balaban J connectivity index is 2.35. The fourth-order valence-corrected chi connectivity index (χ4v) is 1.74. The Morgan fingerprint density at radius 2 is 1.67 bits per heavy atom. The number of nitrogens with one attached hydrogen (secondary N) is 3. The van der Waals surface area contributed by atoms with E-state index in [4.69, 9.17) is 11.6 Å². The van der Waals surface area contributed by atoms with Crippen molar-refractivity contribution < 1.29 is 14.4 Å². The summed E-state index contributed by atoms with van der Waals surface area (Å²) in [6.07, 6.45) is 0. The van der Waals surface area contributed by atoms with Crippen LogP contribution < -0.4 is 16.0 Å². The highest BCUT2D eigenvalue weighted by atomic mass is 35.5. The van der Waals surface area contributed by atoms with Crippen molar-refractivity contribution in [2.75, 3.05) is 13.1 Å². The van der Waals surface area contributed by atoms with Crippen LogP contribution in [0.25, 0.3) is 0 Å². The van der Waals surface area contributed by atoms with E-state index in [1.165, 1.54) is 0 Å². The van der Waals surface area contributed by atoms with Crippen molar-refractivity contribution in [2.24, 2.45) is 0 Å². The Morgan fingerprint density at radius 1 is 1.05 bits per heavy atom. The molecule has 1 rings (SSSR count). The lowest BCUT2D eigenvalue weighted by Crippen LogP contribution is -2.43. The second kappa shape index (κ2) is 8.26.